The van der Waals surface area contributed by atoms with Crippen molar-refractivity contribution in [3.8, 4) is 0 Å². The lowest BCUT2D eigenvalue weighted by molar-refractivity contribution is 0.0952. The number of nitrogens with zero attached hydrogens (tertiary/aromatic N) is 2. The molecule has 0 radical (unpaired) electrons. The summed E-state index contributed by atoms with van der Waals surface area (Å²) in [6.07, 6.45) is 2.82. The van der Waals surface area contributed by atoms with Gasteiger partial charge in [0.1, 0.15) is 5.82 Å². The number of benzene rings is 1. The fourth-order valence-electron chi connectivity index (χ4n) is 3.37. The predicted octanol–water partition coefficient (Wildman–Crippen LogP) is 2.16. The van der Waals surface area contributed by atoms with Gasteiger partial charge in [0, 0.05) is 45.3 Å². The molecule has 1 saturated carbocycles. The molecule has 1 aromatic rings. The van der Waals surface area contributed by atoms with Crippen molar-refractivity contribution in [2.75, 3.05) is 39.3 Å². The molecule has 21 heavy (non-hydrogen) atoms. The van der Waals surface area contributed by atoms with Gasteiger partial charge in [0.15, 0.2) is 0 Å². The van der Waals surface area contributed by atoms with E-state index < -0.39 is 0 Å². The first-order chi connectivity index (χ1) is 10.2. The highest BCUT2D eigenvalue weighted by Gasteiger charge is 2.29. The standard InChI is InChI=1S/C17H26FN3/c1-13-2-5-15(18)10-16(13)17(11-19)21-8-6-20(7-9-21)12-14-3-4-14/h2,5,10,14,17H,3-4,6-9,11-12,19H2,1H3. The average molecular weight is 291 g/mol. The van der Waals surface area contributed by atoms with E-state index >= 15 is 0 Å². The van der Waals surface area contributed by atoms with Crippen LogP contribution in [0.3, 0.4) is 0 Å². The van der Waals surface area contributed by atoms with Gasteiger partial charge in [-0.3, -0.25) is 4.90 Å². The van der Waals surface area contributed by atoms with Crippen LogP contribution in [-0.2, 0) is 0 Å². The fraction of sp³-hybridized carbons (Fsp3) is 0.647. The van der Waals surface area contributed by atoms with Crippen LogP contribution in [0, 0.1) is 18.7 Å². The molecule has 1 aromatic carbocycles. The van der Waals surface area contributed by atoms with Crippen molar-refractivity contribution in [2.24, 2.45) is 11.7 Å². The molecule has 1 saturated heterocycles. The summed E-state index contributed by atoms with van der Waals surface area (Å²) in [5.74, 6) is 0.786. The zero-order valence-electron chi connectivity index (χ0n) is 12.9. The largest absolute Gasteiger partial charge is 0.329 e. The molecule has 116 valence electrons. The predicted molar refractivity (Wildman–Crippen MR) is 83.7 cm³/mol. The summed E-state index contributed by atoms with van der Waals surface area (Å²) in [5.41, 5.74) is 8.18. The van der Waals surface area contributed by atoms with Crippen LogP contribution in [0.15, 0.2) is 18.2 Å². The van der Waals surface area contributed by atoms with Crippen LogP contribution in [0.4, 0.5) is 4.39 Å². The van der Waals surface area contributed by atoms with E-state index in [1.54, 1.807) is 6.07 Å². The molecule has 0 bridgehead atoms. The van der Waals surface area contributed by atoms with Gasteiger partial charge < -0.3 is 10.6 Å². The number of hydrogen-bond acceptors (Lipinski definition) is 3. The molecule has 4 heteroatoms. The zero-order chi connectivity index (χ0) is 14.8. The number of hydrogen-bond donors (Lipinski definition) is 1. The third-order valence-corrected chi connectivity index (χ3v) is 4.88. The Morgan fingerprint density at radius 2 is 1.95 bits per heavy atom. The van der Waals surface area contributed by atoms with Gasteiger partial charge in [-0.1, -0.05) is 6.07 Å². The number of rotatable bonds is 5. The maximum absolute atomic E-state index is 13.6. The topological polar surface area (TPSA) is 32.5 Å². The Bertz CT molecular complexity index is 479. The van der Waals surface area contributed by atoms with E-state index in [-0.39, 0.29) is 11.9 Å². The maximum atomic E-state index is 13.6. The Morgan fingerprint density at radius 1 is 1.24 bits per heavy atom. The molecule has 2 N–H and O–H groups in total. The lowest BCUT2D eigenvalue weighted by Crippen LogP contribution is -2.49. The highest BCUT2D eigenvalue weighted by Crippen LogP contribution is 2.31. The van der Waals surface area contributed by atoms with Crippen LogP contribution in [0.1, 0.15) is 30.0 Å². The average Bonchev–Trinajstić information content (AvgIpc) is 3.29. The summed E-state index contributed by atoms with van der Waals surface area (Å²) >= 11 is 0. The first-order valence-electron chi connectivity index (χ1n) is 8.10. The van der Waals surface area contributed by atoms with Crippen LogP contribution in [0.25, 0.3) is 0 Å². The van der Waals surface area contributed by atoms with Crippen LogP contribution in [0.2, 0.25) is 0 Å². The van der Waals surface area contributed by atoms with Gasteiger partial charge in [-0.2, -0.15) is 0 Å². The number of aryl methyl sites for hydroxylation is 1. The highest BCUT2D eigenvalue weighted by atomic mass is 19.1. The summed E-state index contributed by atoms with van der Waals surface area (Å²) in [5, 5.41) is 0. The van der Waals surface area contributed by atoms with Crippen molar-refractivity contribution in [3.63, 3.8) is 0 Å². The van der Waals surface area contributed by atoms with Gasteiger partial charge in [-0.25, -0.2) is 4.39 Å². The van der Waals surface area contributed by atoms with Crippen LogP contribution >= 0.6 is 0 Å². The van der Waals surface area contributed by atoms with E-state index in [2.05, 4.69) is 9.80 Å². The molecule has 1 unspecified atom stereocenters. The van der Waals surface area contributed by atoms with Crippen molar-refractivity contribution in [2.45, 2.75) is 25.8 Å². The smallest absolute Gasteiger partial charge is 0.123 e. The molecule has 0 amide bonds. The number of halogens is 1. The van der Waals surface area contributed by atoms with Crippen LogP contribution in [-0.4, -0.2) is 49.1 Å². The number of nitrogens with two attached hydrogens (primary N) is 1. The van der Waals surface area contributed by atoms with Crippen molar-refractivity contribution in [1.82, 2.24) is 9.80 Å². The molecule has 1 aliphatic carbocycles. The molecule has 2 aliphatic rings. The maximum Gasteiger partial charge on any atom is 0.123 e. The molecule has 0 aromatic heterocycles. The molecule has 3 nitrogen and oxygen atoms in total. The normalized spacial score (nSPS) is 22.4. The van der Waals surface area contributed by atoms with E-state index in [1.807, 2.05) is 13.0 Å². The summed E-state index contributed by atoms with van der Waals surface area (Å²) in [7, 11) is 0. The monoisotopic (exact) mass is 291 g/mol. The van der Waals surface area contributed by atoms with Gasteiger partial charge in [0.25, 0.3) is 0 Å². The lowest BCUT2D eigenvalue weighted by Gasteiger charge is -2.39. The third kappa shape index (κ3) is 3.62. The summed E-state index contributed by atoms with van der Waals surface area (Å²) in [6.45, 7) is 8.14. The van der Waals surface area contributed by atoms with Crippen molar-refractivity contribution in [1.29, 1.82) is 0 Å². The minimum absolute atomic E-state index is 0.142. The first kappa shape index (κ1) is 14.9. The van der Waals surface area contributed by atoms with Crippen molar-refractivity contribution >= 4 is 0 Å². The van der Waals surface area contributed by atoms with Gasteiger partial charge in [0.2, 0.25) is 0 Å². The molecular weight excluding hydrogens is 265 g/mol. The Kier molecular flexibility index (Phi) is 4.57. The Hall–Kier alpha value is -0.970. The van der Waals surface area contributed by atoms with Crippen molar-refractivity contribution in [3.05, 3.63) is 35.1 Å². The summed E-state index contributed by atoms with van der Waals surface area (Å²) in [4.78, 5) is 4.99. The van der Waals surface area contributed by atoms with E-state index in [0.29, 0.717) is 6.54 Å². The lowest BCUT2D eigenvalue weighted by atomic mass is 9.99. The molecule has 2 fully saturated rings. The molecule has 3 rings (SSSR count). The minimum atomic E-state index is -0.165. The van der Waals surface area contributed by atoms with Crippen LogP contribution < -0.4 is 5.73 Å². The second-order valence-corrected chi connectivity index (χ2v) is 6.53. The number of piperazine rings is 1. The second-order valence-electron chi connectivity index (χ2n) is 6.53. The van der Waals surface area contributed by atoms with Gasteiger partial charge in [0.05, 0.1) is 0 Å². The minimum Gasteiger partial charge on any atom is -0.329 e. The van der Waals surface area contributed by atoms with E-state index in [9.17, 15) is 4.39 Å². The first-order valence-corrected chi connectivity index (χ1v) is 8.10. The van der Waals surface area contributed by atoms with E-state index in [4.69, 9.17) is 5.73 Å². The summed E-state index contributed by atoms with van der Waals surface area (Å²) in [6, 6.07) is 5.18. The van der Waals surface area contributed by atoms with E-state index in [0.717, 1.165) is 43.2 Å². The fourth-order valence-corrected chi connectivity index (χ4v) is 3.37. The molecule has 1 atom stereocenters. The quantitative estimate of drug-likeness (QED) is 0.902. The van der Waals surface area contributed by atoms with Gasteiger partial charge in [-0.05, 0) is 48.9 Å². The van der Waals surface area contributed by atoms with E-state index in [1.165, 1.54) is 25.5 Å². The van der Waals surface area contributed by atoms with Gasteiger partial charge in [-0.15, -0.1) is 0 Å². The Labute approximate surface area is 126 Å². The Balaban J connectivity index is 1.65. The zero-order valence-corrected chi connectivity index (χ0v) is 12.9. The molecule has 1 heterocycles. The molecule has 1 aliphatic heterocycles. The third-order valence-electron chi connectivity index (χ3n) is 4.88. The molecular formula is C17H26FN3. The summed E-state index contributed by atoms with van der Waals surface area (Å²) < 4.78 is 13.6. The molecule has 0 spiro atoms. The van der Waals surface area contributed by atoms with Crippen LogP contribution in [0.5, 0.6) is 0 Å². The highest BCUT2D eigenvalue weighted by molar-refractivity contribution is 5.30. The second kappa shape index (κ2) is 6.42. The Morgan fingerprint density at radius 3 is 2.57 bits per heavy atom. The van der Waals surface area contributed by atoms with Gasteiger partial charge >= 0.3 is 0 Å². The SMILES string of the molecule is Cc1ccc(F)cc1C(CN)N1CCN(CC2CC2)CC1. The van der Waals surface area contributed by atoms with Crippen molar-refractivity contribution < 1.29 is 4.39 Å².